The molecule has 3 aromatic carbocycles. The van der Waals surface area contributed by atoms with Crippen molar-refractivity contribution in [3.63, 3.8) is 0 Å². The summed E-state index contributed by atoms with van der Waals surface area (Å²) in [5.74, 6) is -1.04. The second-order valence-electron chi connectivity index (χ2n) is 7.84. The monoisotopic (exact) mass is 439 g/mol. The van der Waals surface area contributed by atoms with Crippen LogP contribution in [-0.2, 0) is 11.3 Å². The first-order valence-electron chi connectivity index (χ1n) is 10.5. The van der Waals surface area contributed by atoms with E-state index in [4.69, 9.17) is 9.15 Å². The minimum Gasteiger partial charge on any atom is -0.503 e. The van der Waals surface area contributed by atoms with Gasteiger partial charge >= 0.3 is 0 Å². The Balaban J connectivity index is 1.61. The van der Waals surface area contributed by atoms with E-state index in [0.29, 0.717) is 16.9 Å². The van der Waals surface area contributed by atoms with Gasteiger partial charge in [0.1, 0.15) is 11.3 Å². The molecule has 0 saturated heterocycles. The third-order valence-corrected chi connectivity index (χ3v) is 5.80. The Bertz CT molecular complexity index is 1350. The lowest BCUT2D eigenvalue weighted by Gasteiger charge is -2.27. The standard InChI is InChI=1S/C27H21NO5/c1-32-20-12-7-11-19(14-20)24-23(25(29)22-15-18-10-5-6-13-21(18)33-22)26(30)27(31)28(24)16-17-8-3-2-4-9-17/h2-15,24,30H,16H2,1H3. The summed E-state index contributed by atoms with van der Waals surface area (Å²) in [4.78, 5) is 28.3. The highest BCUT2D eigenvalue weighted by Gasteiger charge is 2.44. The maximum atomic E-state index is 13.6. The first kappa shape index (κ1) is 20.6. The van der Waals surface area contributed by atoms with E-state index in [9.17, 15) is 14.7 Å². The number of ether oxygens (including phenoxy) is 1. The van der Waals surface area contributed by atoms with Gasteiger partial charge in [0.25, 0.3) is 5.91 Å². The van der Waals surface area contributed by atoms with Crippen molar-refractivity contribution in [3.05, 3.63) is 113 Å². The minimum absolute atomic E-state index is 0.0109. The number of Topliss-reactive ketones (excluding diaryl/α,β-unsaturated/α-hetero) is 1. The molecule has 0 saturated carbocycles. The third kappa shape index (κ3) is 3.65. The molecule has 0 spiro atoms. The largest absolute Gasteiger partial charge is 0.503 e. The smallest absolute Gasteiger partial charge is 0.290 e. The molecule has 0 fully saturated rings. The molecule has 5 rings (SSSR count). The number of hydrogen-bond acceptors (Lipinski definition) is 5. The van der Waals surface area contributed by atoms with Crippen molar-refractivity contribution in [1.29, 1.82) is 0 Å². The van der Waals surface area contributed by atoms with Crippen LogP contribution in [0.2, 0.25) is 0 Å². The number of carbonyl (C=O) groups is 2. The molecule has 1 aromatic heterocycles. The summed E-state index contributed by atoms with van der Waals surface area (Å²) in [5, 5.41) is 11.6. The summed E-state index contributed by atoms with van der Waals surface area (Å²) in [6.45, 7) is 0.225. The average molecular weight is 439 g/mol. The topological polar surface area (TPSA) is 80.0 Å². The number of aliphatic hydroxyl groups is 1. The van der Waals surface area contributed by atoms with Crippen LogP contribution in [0.15, 0.2) is 101 Å². The number of amides is 1. The number of rotatable bonds is 6. The molecule has 1 aliphatic rings. The zero-order valence-corrected chi connectivity index (χ0v) is 17.9. The highest BCUT2D eigenvalue weighted by atomic mass is 16.5. The maximum Gasteiger partial charge on any atom is 0.290 e. The van der Waals surface area contributed by atoms with E-state index in [-0.39, 0.29) is 17.9 Å². The minimum atomic E-state index is -0.798. The first-order chi connectivity index (χ1) is 16.1. The number of hydrogen-bond donors (Lipinski definition) is 1. The summed E-state index contributed by atoms with van der Waals surface area (Å²) in [7, 11) is 1.55. The molecule has 6 heteroatoms. The van der Waals surface area contributed by atoms with E-state index < -0.39 is 23.5 Å². The van der Waals surface area contributed by atoms with Crippen LogP contribution in [0.4, 0.5) is 0 Å². The maximum absolute atomic E-state index is 13.6. The van der Waals surface area contributed by atoms with E-state index in [1.807, 2.05) is 54.6 Å². The normalized spacial score (nSPS) is 16.0. The van der Waals surface area contributed by atoms with Gasteiger partial charge in [0.05, 0.1) is 18.7 Å². The van der Waals surface area contributed by atoms with Gasteiger partial charge in [-0.15, -0.1) is 0 Å². The fraction of sp³-hybridized carbons (Fsp3) is 0.111. The van der Waals surface area contributed by atoms with Crippen LogP contribution in [0.5, 0.6) is 5.75 Å². The SMILES string of the molecule is COc1cccc(C2C(C(=O)c3cc4ccccc4o3)=C(O)C(=O)N2Cc2ccccc2)c1. The second-order valence-corrected chi connectivity index (χ2v) is 7.84. The molecule has 2 heterocycles. The van der Waals surface area contributed by atoms with Gasteiger partial charge < -0.3 is 19.2 Å². The van der Waals surface area contributed by atoms with E-state index in [1.165, 1.54) is 4.90 Å². The van der Waals surface area contributed by atoms with Crippen molar-refractivity contribution < 1.29 is 23.8 Å². The van der Waals surface area contributed by atoms with E-state index in [0.717, 1.165) is 10.9 Å². The van der Waals surface area contributed by atoms with Gasteiger partial charge in [0, 0.05) is 11.9 Å². The number of fused-ring (bicyclic) bond motifs is 1. The average Bonchev–Trinajstić information content (AvgIpc) is 3.39. The highest BCUT2D eigenvalue weighted by molar-refractivity contribution is 6.16. The summed E-state index contributed by atoms with van der Waals surface area (Å²) < 4.78 is 11.1. The fourth-order valence-corrected chi connectivity index (χ4v) is 4.21. The lowest BCUT2D eigenvalue weighted by molar-refractivity contribution is -0.130. The predicted molar refractivity (Wildman–Crippen MR) is 123 cm³/mol. The number of para-hydroxylation sites is 1. The molecular weight excluding hydrogens is 418 g/mol. The van der Waals surface area contributed by atoms with Crippen LogP contribution in [0.25, 0.3) is 11.0 Å². The lowest BCUT2D eigenvalue weighted by atomic mass is 9.94. The number of ketones is 1. The van der Waals surface area contributed by atoms with Gasteiger partial charge in [-0.1, -0.05) is 60.7 Å². The zero-order valence-electron chi connectivity index (χ0n) is 17.9. The van der Waals surface area contributed by atoms with Gasteiger partial charge in [0.2, 0.25) is 5.78 Å². The molecule has 1 N–H and O–H groups in total. The van der Waals surface area contributed by atoms with Crippen molar-refractivity contribution in [3.8, 4) is 5.75 Å². The van der Waals surface area contributed by atoms with Crippen LogP contribution >= 0.6 is 0 Å². The molecule has 4 aromatic rings. The van der Waals surface area contributed by atoms with Crippen molar-refractivity contribution in [2.45, 2.75) is 12.6 Å². The Morgan fingerprint density at radius 2 is 1.76 bits per heavy atom. The number of furan rings is 1. The molecule has 0 aliphatic carbocycles. The highest BCUT2D eigenvalue weighted by Crippen LogP contribution is 2.41. The van der Waals surface area contributed by atoms with Crippen LogP contribution in [0.3, 0.4) is 0 Å². The van der Waals surface area contributed by atoms with Crippen molar-refractivity contribution in [2.75, 3.05) is 7.11 Å². The number of aliphatic hydroxyl groups excluding tert-OH is 1. The molecule has 1 aliphatic heterocycles. The molecule has 164 valence electrons. The number of benzene rings is 3. The quantitative estimate of drug-likeness (QED) is 0.417. The van der Waals surface area contributed by atoms with Gasteiger partial charge in [-0.2, -0.15) is 0 Å². The molecule has 33 heavy (non-hydrogen) atoms. The van der Waals surface area contributed by atoms with Crippen LogP contribution in [-0.4, -0.2) is 28.8 Å². The van der Waals surface area contributed by atoms with E-state index in [2.05, 4.69) is 0 Å². The Hall–Kier alpha value is -4.32. The molecule has 6 nitrogen and oxygen atoms in total. The zero-order chi connectivity index (χ0) is 22.9. The molecule has 1 unspecified atom stereocenters. The summed E-state index contributed by atoms with van der Waals surface area (Å²) in [6.07, 6.45) is 0. The van der Waals surface area contributed by atoms with Crippen molar-refractivity contribution >= 4 is 22.7 Å². The van der Waals surface area contributed by atoms with Crippen LogP contribution in [0.1, 0.15) is 27.7 Å². The van der Waals surface area contributed by atoms with Crippen LogP contribution in [0, 0.1) is 0 Å². The lowest BCUT2D eigenvalue weighted by Crippen LogP contribution is -2.30. The molecule has 0 radical (unpaired) electrons. The van der Waals surface area contributed by atoms with Crippen molar-refractivity contribution in [1.82, 2.24) is 4.90 Å². The van der Waals surface area contributed by atoms with Crippen molar-refractivity contribution in [2.24, 2.45) is 0 Å². The molecule has 0 bridgehead atoms. The Morgan fingerprint density at radius 1 is 1.00 bits per heavy atom. The summed E-state index contributed by atoms with van der Waals surface area (Å²) in [6, 6.07) is 24.7. The fourth-order valence-electron chi connectivity index (χ4n) is 4.21. The molecule has 1 amide bonds. The number of nitrogens with zero attached hydrogens (tertiary/aromatic N) is 1. The molecular formula is C27H21NO5. The van der Waals surface area contributed by atoms with Gasteiger partial charge in [0.15, 0.2) is 11.5 Å². The third-order valence-electron chi connectivity index (χ3n) is 5.80. The summed E-state index contributed by atoms with van der Waals surface area (Å²) in [5.41, 5.74) is 2.08. The van der Waals surface area contributed by atoms with E-state index >= 15 is 0 Å². The summed E-state index contributed by atoms with van der Waals surface area (Å²) >= 11 is 0. The van der Waals surface area contributed by atoms with E-state index in [1.54, 1.807) is 37.4 Å². The number of carbonyl (C=O) groups excluding carboxylic acids is 2. The van der Waals surface area contributed by atoms with Gasteiger partial charge in [-0.05, 0) is 35.4 Å². The predicted octanol–water partition coefficient (Wildman–Crippen LogP) is 5.22. The molecule has 1 atom stereocenters. The Morgan fingerprint density at radius 3 is 2.52 bits per heavy atom. The second kappa shape index (κ2) is 8.31. The van der Waals surface area contributed by atoms with Gasteiger partial charge in [-0.25, -0.2) is 0 Å². The van der Waals surface area contributed by atoms with Crippen LogP contribution < -0.4 is 4.74 Å². The van der Waals surface area contributed by atoms with Gasteiger partial charge in [-0.3, -0.25) is 9.59 Å². The number of methoxy groups -OCH3 is 1. The Kier molecular flexibility index (Phi) is 5.18. The Labute approximate surface area is 190 Å². The first-order valence-corrected chi connectivity index (χ1v) is 10.5.